The van der Waals surface area contributed by atoms with Gasteiger partial charge in [0.1, 0.15) is 6.61 Å². The van der Waals surface area contributed by atoms with E-state index in [4.69, 9.17) is 33.0 Å². The summed E-state index contributed by atoms with van der Waals surface area (Å²) in [7, 11) is 0. The summed E-state index contributed by atoms with van der Waals surface area (Å²) in [6.07, 6.45) is 0. The van der Waals surface area contributed by atoms with Crippen molar-refractivity contribution < 1.29 is 19.4 Å². The lowest BCUT2D eigenvalue weighted by Crippen LogP contribution is -2.11. The van der Waals surface area contributed by atoms with Crippen LogP contribution >= 0.6 is 23.2 Å². The van der Waals surface area contributed by atoms with Gasteiger partial charge in [0, 0.05) is 15.6 Å². The second-order valence-electron chi connectivity index (χ2n) is 4.13. The van der Waals surface area contributed by atoms with Gasteiger partial charge in [-0.3, -0.25) is 0 Å². The topological polar surface area (TPSA) is 63.6 Å². The SMILES string of the molecule is O=C(O)c1ccccc1C(=O)OCc1c(Cl)cccc1Cl. The third kappa shape index (κ3) is 3.54. The monoisotopic (exact) mass is 324 g/mol. The molecule has 4 nitrogen and oxygen atoms in total. The van der Waals surface area contributed by atoms with E-state index >= 15 is 0 Å². The van der Waals surface area contributed by atoms with Crippen molar-refractivity contribution in [3.63, 3.8) is 0 Å². The smallest absolute Gasteiger partial charge is 0.339 e. The molecule has 108 valence electrons. The predicted octanol–water partition coefficient (Wildman–Crippen LogP) is 4.05. The minimum absolute atomic E-state index is 0.0202. The normalized spacial score (nSPS) is 10.2. The summed E-state index contributed by atoms with van der Waals surface area (Å²) in [5.41, 5.74) is 0.336. The molecule has 0 aromatic heterocycles. The highest BCUT2D eigenvalue weighted by atomic mass is 35.5. The van der Waals surface area contributed by atoms with E-state index in [0.717, 1.165) is 0 Å². The van der Waals surface area contributed by atoms with Gasteiger partial charge in [0.2, 0.25) is 0 Å². The molecule has 0 aliphatic heterocycles. The van der Waals surface area contributed by atoms with Crippen LogP contribution in [0.4, 0.5) is 0 Å². The highest BCUT2D eigenvalue weighted by Crippen LogP contribution is 2.25. The van der Waals surface area contributed by atoms with Crippen molar-refractivity contribution in [2.45, 2.75) is 6.61 Å². The Labute approximate surface area is 130 Å². The molecule has 0 bridgehead atoms. The van der Waals surface area contributed by atoms with E-state index in [1.807, 2.05) is 0 Å². The Kier molecular flexibility index (Phi) is 4.83. The van der Waals surface area contributed by atoms with E-state index in [1.54, 1.807) is 24.3 Å². The van der Waals surface area contributed by atoms with Gasteiger partial charge < -0.3 is 9.84 Å². The Morgan fingerprint density at radius 3 is 2.10 bits per heavy atom. The van der Waals surface area contributed by atoms with Crippen LogP contribution in [0.5, 0.6) is 0 Å². The number of hydrogen-bond acceptors (Lipinski definition) is 3. The number of esters is 1. The molecule has 2 aromatic carbocycles. The molecule has 0 radical (unpaired) electrons. The van der Waals surface area contributed by atoms with Gasteiger partial charge in [-0.1, -0.05) is 41.4 Å². The minimum atomic E-state index is -1.20. The summed E-state index contributed by atoms with van der Waals surface area (Å²) in [6.45, 7) is -0.134. The molecule has 0 saturated heterocycles. The van der Waals surface area contributed by atoms with Gasteiger partial charge in [0.15, 0.2) is 0 Å². The zero-order valence-corrected chi connectivity index (χ0v) is 12.2. The van der Waals surface area contributed by atoms with Crippen molar-refractivity contribution in [2.75, 3.05) is 0 Å². The first-order valence-corrected chi connectivity index (χ1v) is 6.68. The second-order valence-corrected chi connectivity index (χ2v) is 4.94. The molecule has 0 aliphatic rings. The molecular formula is C15H10Cl2O4. The maximum absolute atomic E-state index is 12.0. The van der Waals surface area contributed by atoms with E-state index < -0.39 is 11.9 Å². The first-order valence-electron chi connectivity index (χ1n) is 5.93. The Bertz CT molecular complexity index is 678. The first-order chi connectivity index (χ1) is 10.0. The van der Waals surface area contributed by atoms with Crippen molar-refractivity contribution in [3.8, 4) is 0 Å². The fourth-order valence-electron chi connectivity index (χ4n) is 1.73. The maximum Gasteiger partial charge on any atom is 0.339 e. The van der Waals surface area contributed by atoms with Crippen LogP contribution in [-0.2, 0) is 11.3 Å². The number of benzene rings is 2. The Morgan fingerprint density at radius 1 is 0.952 bits per heavy atom. The number of carboxylic acids is 1. The molecule has 0 spiro atoms. The van der Waals surface area contributed by atoms with Gasteiger partial charge >= 0.3 is 11.9 Å². The summed E-state index contributed by atoms with van der Waals surface area (Å²) in [5, 5.41) is 9.79. The zero-order valence-electron chi connectivity index (χ0n) is 10.7. The summed E-state index contributed by atoms with van der Waals surface area (Å²) >= 11 is 11.9. The molecule has 0 aliphatic carbocycles. The molecule has 0 amide bonds. The summed E-state index contributed by atoms with van der Waals surface area (Å²) in [6, 6.07) is 10.7. The maximum atomic E-state index is 12.0. The standard InChI is InChI=1S/C15H10Cl2O4/c16-12-6-3-7-13(17)11(12)8-21-15(20)10-5-2-1-4-9(10)14(18)19/h1-7H,8H2,(H,18,19). The minimum Gasteiger partial charge on any atom is -0.478 e. The van der Waals surface area contributed by atoms with Gasteiger partial charge in [0.25, 0.3) is 0 Å². The van der Waals surface area contributed by atoms with Gasteiger partial charge in [-0.15, -0.1) is 0 Å². The molecule has 1 N–H and O–H groups in total. The van der Waals surface area contributed by atoms with E-state index in [2.05, 4.69) is 0 Å². The number of carbonyl (C=O) groups is 2. The van der Waals surface area contributed by atoms with Crippen LogP contribution in [-0.4, -0.2) is 17.0 Å². The number of carboxylic acid groups (broad SMARTS) is 1. The average Bonchev–Trinajstić information content (AvgIpc) is 2.46. The number of aromatic carboxylic acids is 1. The lowest BCUT2D eigenvalue weighted by atomic mass is 10.1. The molecule has 2 aromatic rings. The van der Waals surface area contributed by atoms with Gasteiger partial charge in [-0.2, -0.15) is 0 Å². The molecule has 21 heavy (non-hydrogen) atoms. The Morgan fingerprint density at radius 2 is 1.52 bits per heavy atom. The van der Waals surface area contributed by atoms with Crippen molar-refractivity contribution >= 4 is 35.1 Å². The fraction of sp³-hybridized carbons (Fsp3) is 0.0667. The number of rotatable bonds is 4. The van der Waals surface area contributed by atoms with Gasteiger partial charge in [-0.05, 0) is 24.3 Å². The number of hydrogen-bond donors (Lipinski definition) is 1. The van der Waals surface area contributed by atoms with Crippen LogP contribution in [0.25, 0.3) is 0 Å². The van der Waals surface area contributed by atoms with Crippen LogP contribution in [0.2, 0.25) is 10.0 Å². The largest absolute Gasteiger partial charge is 0.478 e. The second kappa shape index (κ2) is 6.61. The van der Waals surface area contributed by atoms with E-state index in [-0.39, 0.29) is 17.7 Å². The summed E-state index contributed by atoms with van der Waals surface area (Å²) in [5.74, 6) is -1.94. The van der Waals surface area contributed by atoms with Crippen molar-refractivity contribution in [1.82, 2.24) is 0 Å². The summed E-state index contributed by atoms with van der Waals surface area (Å²) in [4.78, 5) is 23.1. The third-order valence-corrected chi connectivity index (χ3v) is 3.49. The highest BCUT2D eigenvalue weighted by Gasteiger charge is 2.17. The average molecular weight is 325 g/mol. The Balaban J connectivity index is 2.18. The van der Waals surface area contributed by atoms with Crippen molar-refractivity contribution in [3.05, 3.63) is 69.2 Å². The molecule has 2 rings (SSSR count). The first kappa shape index (κ1) is 15.4. The van der Waals surface area contributed by atoms with Gasteiger partial charge in [0.05, 0.1) is 11.1 Å². The third-order valence-electron chi connectivity index (χ3n) is 2.79. The molecular weight excluding hydrogens is 315 g/mol. The molecule has 0 heterocycles. The fourth-order valence-corrected chi connectivity index (χ4v) is 2.24. The zero-order chi connectivity index (χ0) is 15.4. The van der Waals surface area contributed by atoms with Crippen LogP contribution in [0.1, 0.15) is 26.3 Å². The lowest BCUT2D eigenvalue weighted by Gasteiger charge is -2.09. The highest BCUT2D eigenvalue weighted by molar-refractivity contribution is 6.35. The van der Waals surface area contributed by atoms with Crippen molar-refractivity contribution in [2.24, 2.45) is 0 Å². The molecule has 6 heteroatoms. The van der Waals surface area contributed by atoms with Gasteiger partial charge in [-0.25, -0.2) is 9.59 Å². The van der Waals surface area contributed by atoms with E-state index in [1.165, 1.54) is 18.2 Å². The number of ether oxygens (including phenoxy) is 1. The van der Waals surface area contributed by atoms with Crippen molar-refractivity contribution in [1.29, 1.82) is 0 Å². The molecule has 0 atom stereocenters. The predicted molar refractivity (Wildman–Crippen MR) is 79.0 cm³/mol. The van der Waals surface area contributed by atoms with Crippen LogP contribution in [0.3, 0.4) is 0 Å². The molecule has 0 fully saturated rings. The molecule has 0 unspecified atom stereocenters. The Hall–Kier alpha value is -2.04. The van der Waals surface area contributed by atoms with E-state index in [0.29, 0.717) is 15.6 Å². The number of halogens is 2. The lowest BCUT2D eigenvalue weighted by molar-refractivity contribution is 0.0464. The van der Waals surface area contributed by atoms with Crippen LogP contribution in [0, 0.1) is 0 Å². The van der Waals surface area contributed by atoms with Crippen LogP contribution in [0.15, 0.2) is 42.5 Å². The molecule has 0 saturated carbocycles. The van der Waals surface area contributed by atoms with E-state index in [9.17, 15) is 9.59 Å². The number of carbonyl (C=O) groups excluding carboxylic acids is 1. The summed E-state index contributed by atoms with van der Waals surface area (Å²) < 4.78 is 5.10. The van der Waals surface area contributed by atoms with Crippen LogP contribution < -0.4 is 0 Å². The quantitative estimate of drug-likeness (QED) is 0.862.